The first-order chi connectivity index (χ1) is 9.76. The maximum Gasteiger partial charge on any atom is 0.228 e. The molecule has 2 N–H and O–H groups in total. The third-order valence-corrected chi connectivity index (χ3v) is 2.83. The number of nitrogens with zero attached hydrogens (tertiary/aromatic N) is 5. The van der Waals surface area contributed by atoms with Crippen molar-refractivity contribution in [2.75, 3.05) is 24.2 Å². The van der Waals surface area contributed by atoms with Crippen molar-refractivity contribution in [1.29, 1.82) is 0 Å². The molecule has 104 valence electrons. The molecule has 0 spiro atoms. The van der Waals surface area contributed by atoms with Crippen molar-refractivity contribution in [2.24, 2.45) is 0 Å². The molecule has 0 bridgehead atoms. The van der Waals surface area contributed by atoms with Crippen LogP contribution >= 0.6 is 0 Å². The highest BCUT2D eigenvalue weighted by Crippen LogP contribution is 2.15. The third-order valence-electron chi connectivity index (χ3n) is 2.83. The minimum Gasteiger partial charge on any atom is -0.372 e. The molecule has 8 heteroatoms. The van der Waals surface area contributed by atoms with Crippen LogP contribution in [0.4, 0.5) is 11.6 Å². The summed E-state index contributed by atoms with van der Waals surface area (Å²) in [4.78, 5) is 12.9. The molecule has 0 saturated heterocycles. The molecule has 20 heavy (non-hydrogen) atoms. The second kappa shape index (κ2) is 5.16. The molecule has 0 aliphatic rings. The largest absolute Gasteiger partial charge is 0.372 e. The highest BCUT2D eigenvalue weighted by Gasteiger charge is 2.07. The summed E-state index contributed by atoms with van der Waals surface area (Å²) in [5.41, 5.74) is 0.783. The van der Waals surface area contributed by atoms with E-state index >= 15 is 0 Å². The van der Waals surface area contributed by atoms with Gasteiger partial charge in [-0.05, 0) is 6.92 Å². The molecule has 0 amide bonds. The smallest absolute Gasteiger partial charge is 0.228 e. The fourth-order valence-corrected chi connectivity index (χ4v) is 1.90. The van der Waals surface area contributed by atoms with Crippen molar-refractivity contribution >= 4 is 17.3 Å². The number of fused-ring (bicyclic) bond motifs is 1. The zero-order valence-corrected chi connectivity index (χ0v) is 11.3. The van der Waals surface area contributed by atoms with Crippen LogP contribution < -0.4 is 10.6 Å². The topological polar surface area (TPSA) is 93.2 Å². The van der Waals surface area contributed by atoms with Crippen LogP contribution in [0, 0.1) is 6.92 Å². The number of imidazole rings is 1. The van der Waals surface area contributed by atoms with Crippen LogP contribution in [0.15, 0.2) is 23.1 Å². The van der Waals surface area contributed by atoms with Gasteiger partial charge in [0.25, 0.3) is 0 Å². The molecule has 3 aromatic heterocycles. The van der Waals surface area contributed by atoms with Gasteiger partial charge in [0.1, 0.15) is 5.82 Å². The molecule has 0 fully saturated rings. The fraction of sp³-hybridized carbons (Fsp3) is 0.333. The van der Waals surface area contributed by atoms with Crippen LogP contribution in [0.3, 0.4) is 0 Å². The summed E-state index contributed by atoms with van der Waals surface area (Å²) in [5, 5.41) is 10.0. The van der Waals surface area contributed by atoms with E-state index in [0.717, 1.165) is 17.3 Å². The zero-order valence-electron chi connectivity index (χ0n) is 11.3. The van der Waals surface area contributed by atoms with Gasteiger partial charge in [0.15, 0.2) is 17.3 Å². The Labute approximate surface area is 115 Å². The van der Waals surface area contributed by atoms with Crippen LogP contribution in [0.5, 0.6) is 0 Å². The molecule has 0 aliphatic heterocycles. The van der Waals surface area contributed by atoms with E-state index in [1.807, 2.05) is 23.8 Å². The highest BCUT2D eigenvalue weighted by molar-refractivity contribution is 5.65. The maximum atomic E-state index is 5.06. The second-order valence-corrected chi connectivity index (χ2v) is 4.29. The lowest BCUT2D eigenvalue weighted by molar-refractivity contribution is 0.377. The molecular weight excluding hydrogens is 258 g/mol. The average molecular weight is 273 g/mol. The van der Waals surface area contributed by atoms with Crippen molar-refractivity contribution in [3.05, 3.63) is 30.3 Å². The number of aromatic nitrogens is 5. The summed E-state index contributed by atoms with van der Waals surface area (Å²) in [7, 11) is 1.83. The standard InChI is InChI=1S/C12H15N7O/c1-8-16-10(20-18-8)3-4-14-11-12-15-5-6-19(12)7-9(13-2)17-11/h5-7,13H,3-4H2,1-2H3,(H,14,17). The van der Waals surface area contributed by atoms with Gasteiger partial charge < -0.3 is 19.6 Å². The van der Waals surface area contributed by atoms with Gasteiger partial charge in [0.2, 0.25) is 5.89 Å². The van der Waals surface area contributed by atoms with E-state index in [1.54, 1.807) is 13.1 Å². The van der Waals surface area contributed by atoms with Gasteiger partial charge in [-0.25, -0.2) is 9.97 Å². The predicted molar refractivity (Wildman–Crippen MR) is 73.8 cm³/mol. The van der Waals surface area contributed by atoms with Crippen molar-refractivity contribution < 1.29 is 4.52 Å². The molecule has 8 nitrogen and oxygen atoms in total. The number of hydrogen-bond donors (Lipinski definition) is 2. The SMILES string of the molecule is CNc1cn2ccnc2c(NCCc2nc(C)no2)n1. The van der Waals surface area contributed by atoms with Crippen LogP contribution in [0.25, 0.3) is 5.65 Å². The minimum atomic E-state index is 0.610. The molecule has 3 aromatic rings. The van der Waals surface area contributed by atoms with Gasteiger partial charge in [-0.1, -0.05) is 5.16 Å². The van der Waals surface area contributed by atoms with E-state index in [4.69, 9.17) is 4.52 Å². The first kappa shape index (κ1) is 12.4. The van der Waals surface area contributed by atoms with Crippen molar-refractivity contribution in [2.45, 2.75) is 13.3 Å². The highest BCUT2D eigenvalue weighted by atomic mass is 16.5. The monoisotopic (exact) mass is 273 g/mol. The number of hydrogen-bond acceptors (Lipinski definition) is 7. The lowest BCUT2D eigenvalue weighted by Crippen LogP contribution is -2.09. The summed E-state index contributed by atoms with van der Waals surface area (Å²) in [5.74, 6) is 2.75. The van der Waals surface area contributed by atoms with Gasteiger partial charge in [-0.2, -0.15) is 4.98 Å². The quantitative estimate of drug-likeness (QED) is 0.719. The van der Waals surface area contributed by atoms with Crippen LogP contribution in [0.2, 0.25) is 0 Å². The van der Waals surface area contributed by atoms with E-state index in [2.05, 4.69) is 30.7 Å². The molecule has 3 rings (SSSR count). The third kappa shape index (κ3) is 2.40. The van der Waals surface area contributed by atoms with E-state index in [1.165, 1.54) is 0 Å². The molecule has 0 atom stereocenters. The van der Waals surface area contributed by atoms with Gasteiger partial charge in [-0.15, -0.1) is 0 Å². The fourth-order valence-electron chi connectivity index (χ4n) is 1.90. The Balaban J connectivity index is 1.74. The number of aryl methyl sites for hydroxylation is 1. The van der Waals surface area contributed by atoms with Crippen molar-refractivity contribution in [3.8, 4) is 0 Å². The summed E-state index contributed by atoms with van der Waals surface area (Å²) in [6, 6.07) is 0. The van der Waals surface area contributed by atoms with E-state index < -0.39 is 0 Å². The molecule has 3 heterocycles. The van der Waals surface area contributed by atoms with Gasteiger partial charge in [0, 0.05) is 32.4 Å². The van der Waals surface area contributed by atoms with Crippen LogP contribution in [-0.2, 0) is 6.42 Å². The van der Waals surface area contributed by atoms with E-state index in [-0.39, 0.29) is 0 Å². The first-order valence-electron chi connectivity index (χ1n) is 6.31. The Hall–Kier alpha value is -2.64. The summed E-state index contributed by atoms with van der Waals surface area (Å²) in [6.45, 7) is 2.44. The predicted octanol–water partition coefficient (Wildman–Crippen LogP) is 1.12. The van der Waals surface area contributed by atoms with Gasteiger partial charge >= 0.3 is 0 Å². The lowest BCUT2D eigenvalue weighted by Gasteiger charge is -2.08. The van der Waals surface area contributed by atoms with E-state index in [9.17, 15) is 0 Å². The molecule has 0 aliphatic carbocycles. The Morgan fingerprint density at radius 3 is 3.00 bits per heavy atom. The molecule has 0 radical (unpaired) electrons. The number of nitrogens with one attached hydrogen (secondary N) is 2. The first-order valence-corrected chi connectivity index (χ1v) is 6.31. The van der Waals surface area contributed by atoms with Gasteiger partial charge in [0.05, 0.1) is 6.20 Å². The van der Waals surface area contributed by atoms with Gasteiger partial charge in [-0.3, -0.25) is 0 Å². The van der Waals surface area contributed by atoms with Crippen LogP contribution in [-0.4, -0.2) is 38.1 Å². The Bertz CT molecular complexity index is 717. The zero-order chi connectivity index (χ0) is 13.9. The summed E-state index contributed by atoms with van der Waals surface area (Å²) in [6.07, 6.45) is 6.14. The summed E-state index contributed by atoms with van der Waals surface area (Å²) >= 11 is 0. The minimum absolute atomic E-state index is 0.610. The molecule has 0 unspecified atom stereocenters. The number of rotatable bonds is 5. The maximum absolute atomic E-state index is 5.06. The normalized spacial score (nSPS) is 10.9. The van der Waals surface area contributed by atoms with Crippen molar-refractivity contribution in [1.82, 2.24) is 24.5 Å². The molecular formula is C12H15N7O. The lowest BCUT2D eigenvalue weighted by atomic mass is 10.4. The second-order valence-electron chi connectivity index (χ2n) is 4.29. The Kier molecular flexibility index (Phi) is 3.20. The molecule has 0 saturated carbocycles. The number of anilines is 2. The Morgan fingerprint density at radius 2 is 2.25 bits per heavy atom. The average Bonchev–Trinajstić information content (AvgIpc) is 3.07. The summed E-state index contributed by atoms with van der Waals surface area (Å²) < 4.78 is 6.98. The van der Waals surface area contributed by atoms with E-state index in [0.29, 0.717) is 24.7 Å². The van der Waals surface area contributed by atoms with Crippen molar-refractivity contribution in [3.63, 3.8) is 0 Å². The Morgan fingerprint density at radius 1 is 1.35 bits per heavy atom. The molecule has 0 aromatic carbocycles. The van der Waals surface area contributed by atoms with Crippen LogP contribution in [0.1, 0.15) is 11.7 Å².